The molecule has 0 heterocycles. The Hall–Kier alpha value is -0.450. The van der Waals surface area contributed by atoms with Crippen LogP contribution < -0.4 is 5.32 Å². The Labute approximate surface area is 122 Å². The van der Waals surface area contributed by atoms with Crippen LogP contribution in [0.25, 0.3) is 0 Å². The summed E-state index contributed by atoms with van der Waals surface area (Å²) in [6.45, 7) is 2.22. The lowest BCUT2D eigenvalue weighted by Gasteiger charge is -2.22. The van der Waals surface area contributed by atoms with Gasteiger partial charge in [-0.05, 0) is 36.6 Å². The van der Waals surface area contributed by atoms with Crippen molar-refractivity contribution in [3.05, 3.63) is 34.1 Å². The van der Waals surface area contributed by atoms with E-state index < -0.39 is 0 Å². The highest BCUT2D eigenvalue weighted by Gasteiger charge is 2.12. The average Bonchev–Trinajstić information content (AvgIpc) is 2.38. The van der Waals surface area contributed by atoms with Crippen molar-refractivity contribution in [1.29, 1.82) is 0 Å². The predicted molar refractivity (Wildman–Crippen MR) is 78.6 cm³/mol. The molecule has 1 saturated carbocycles. The Kier molecular flexibility index (Phi) is 6.28. The summed E-state index contributed by atoms with van der Waals surface area (Å²) in [4.78, 5) is 0. The van der Waals surface area contributed by atoms with E-state index in [1.54, 1.807) is 6.07 Å². The summed E-state index contributed by atoms with van der Waals surface area (Å²) in [6, 6.07) is 4.95. The first kappa shape index (κ1) is 14.9. The number of rotatable bonds is 6. The third-order valence-electron chi connectivity index (χ3n) is 3.44. The molecule has 1 aromatic rings. The van der Waals surface area contributed by atoms with E-state index in [-0.39, 0.29) is 5.82 Å². The highest BCUT2D eigenvalue weighted by molar-refractivity contribution is 9.10. The van der Waals surface area contributed by atoms with Crippen molar-refractivity contribution in [2.45, 2.75) is 44.8 Å². The molecule has 0 radical (unpaired) electrons. The van der Waals surface area contributed by atoms with E-state index in [0.29, 0.717) is 12.6 Å². The van der Waals surface area contributed by atoms with Crippen molar-refractivity contribution in [1.82, 2.24) is 5.32 Å². The van der Waals surface area contributed by atoms with Gasteiger partial charge in [0.25, 0.3) is 0 Å². The van der Waals surface area contributed by atoms with Gasteiger partial charge in [-0.3, -0.25) is 0 Å². The van der Waals surface area contributed by atoms with Crippen LogP contribution in [-0.2, 0) is 11.3 Å². The average molecular weight is 330 g/mol. The Morgan fingerprint density at radius 2 is 2.00 bits per heavy atom. The standard InChI is InChI=1S/C15H21BrFNO/c16-13-8-12(9-14(17)10-13)11-18-6-7-19-15-4-2-1-3-5-15/h8-10,15,18H,1-7,11H2. The SMILES string of the molecule is Fc1cc(Br)cc(CNCCOC2CCCCC2)c1. The number of halogens is 2. The van der Waals surface area contributed by atoms with Crippen LogP contribution in [0.1, 0.15) is 37.7 Å². The number of hydrogen-bond donors (Lipinski definition) is 1. The minimum Gasteiger partial charge on any atom is -0.377 e. The van der Waals surface area contributed by atoms with Crippen molar-refractivity contribution >= 4 is 15.9 Å². The quantitative estimate of drug-likeness (QED) is 0.795. The normalized spacial score (nSPS) is 16.7. The molecular formula is C15H21BrFNO. The van der Waals surface area contributed by atoms with Gasteiger partial charge in [-0.1, -0.05) is 35.2 Å². The summed E-state index contributed by atoms with van der Waals surface area (Å²) in [5, 5.41) is 3.28. The van der Waals surface area contributed by atoms with Crippen LogP contribution in [-0.4, -0.2) is 19.3 Å². The van der Waals surface area contributed by atoms with Crippen LogP contribution in [0.15, 0.2) is 22.7 Å². The molecule has 1 aliphatic rings. The van der Waals surface area contributed by atoms with Gasteiger partial charge in [0, 0.05) is 17.6 Å². The molecule has 1 aromatic carbocycles. The van der Waals surface area contributed by atoms with Crippen LogP contribution in [0, 0.1) is 5.82 Å². The number of hydrogen-bond acceptors (Lipinski definition) is 2. The molecule has 0 saturated heterocycles. The van der Waals surface area contributed by atoms with Gasteiger partial charge >= 0.3 is 0 Å². The van der Waals surface area contributed by atoms with Gasteiger partial charge in [0.2, 0.25) is 0 Å². The fourth-order valence-electron chi connectivity index (χ4n) is 2.48. The maximum atomic E-state index is 13.2. The predicted octanol–water partition coefficient (Wildman–Crippen LogP) is 4.03. The largest absolute Gasteiger partial charge is 0.377 e. The molecule has 0 unspecified atom stereocenters. The summed E-state index contributed by atoms with van der Waals surface area (Å²) in [5.74, 6) is -0.204. The van der Waals surface area contributed by atoms with Crippen LogP contribution in [0.3, 0.4) is 0 Å². The molecule has 0 aromatic heterocycles. The zero-order valence-corrected chi connectivity index (χ0v) is 12.7. The van der Waals surface area contributed by atoms with Crippen LogP contribution >= 0.6 is 15.9 Å². The van der Waals surface area contributed by atoms with Crippen molar-refractivity contribution in [2.24, 2.45) is 0 Å². The molecule has 4 heteroatoms. The van der Waals surface area contributed by atoms with E-state index >= 15 is 0 Å². The molecule has 106 valence electrons. The van der Waals surface area contributed by atoms with Crippen molar-refractivity contribution in [3.63, 3.8) is 0 Å². The van der Waals surface area contributed by atoms with Crippen LogP contribution in [0.2, 0.25) is 0 Å². The topological polar surface area (TPSA) is 21.3 Å². The summed E-state index contributed by atoms with van der Waals surface area (Å²) >= 11 is 3.30. The van der Waals surface area contributed by atoms with E-state index in [1.807, 2.05) is 6.07 Å². The molecule has 2 rings (SSSR count). The molecule has 0 spiro atoms. The highest BCUT2D eigenvalue weighted by Crippen LogP contribution is 2.20. The lowest BCUT2D eigenvalue weighted by Crippen LogP contribution is -2.24. The lowest BCUT2D eigenvalue weighted by molar-refractivity contribution is 0.0302. The van der Waals surface area contributed by atoms with E-state index in [4.69, 9.17) is 4.74 Å². The Balaban J connectivity index is 1.60. The van der Waals surface area contributed by atoms with Gasteiger partial charge in [0.1, 0.15) is 5.82 Å². The zero-order valence-electron chi connectivity index (χ0n) is 11.1. The van der Waals surface area contributed by atoms with Gasteiger partial charge in [-0.2, -0.15) is 0 Å². The maximum Gasteiger partial charge on any atom is 0.124 e. The summed E-state index contributed by atoms with van der Waals surface area (Å²) in [7, 11) is 0. The van der Waals surface area contributed by atoms with Crippen molar-refractivity contribution < 1.29 is 9.13 Å². The van der Waals surface area contributed by atoms with Crippen molar-refractivity contribution in [2.75, 3.05) is 13.2 Å². The van der Waals surface area contributed by atoms with E-state index in [9.17, 15) is 4.39 Å². The minimum atomic E-state index is -0.204. The van der Waals surface area contributed by atoms with Crippen molar-refractivity contribution in [3.8, 4) is 0 Å². The molecule has 1 aliphatic carbocycles. The molecule has 0 amide bonds. The van der Waals surface area contributed by atoms with E-state index in [0.717, 1.165) is 23.2 Å². The van der Waals surface area contributed by atoms with Crippen LogP contribution in [0.5, 0.6) is 0 Å². The zero-order chi connectivity index (χ0) is 13.5. The molecule has 2 nitrogen and oxygen atoms in total. The summed E-state index contributed by atoms with van der Waals surface area (Å²) in [6.07, 6.45) is 6.82. The first-order valence-corrected chi connectivity index (χ1v) is 7.80. The van der Waals surface area contributed by atoms with Gasteiger partial charge in [-0.25, -0.2) is 4.39 Å². The number of benzene rings is 1. The summed E-state index contributed by atoms with van der Waals surface area (Å²) < 4.78 is 19.8. The molecule has 1 N–H and O–H groups in total. The maximum absolute atomic E-state index is 13.2. The lowest BCUT2D eigenvalue weighted by atomic mass is 9.98. The first-order chi connectivity index (χ1) is 9.24. The smallest absolute Gasteiger partial charge is 0.124 e. The first-order valence-electron chi connectivity index (χ1n) is 7.01. The molecule has 0 aliphatic heterocycles. The van der Waals surface area contributed by atoms with Gasteiger partial charge in [0.05, 0.1) is 12.7 Å². The monoisotopic (exact) mass is 329 g/mol. The van der Waals surface area contributed by atoms with Gasteiger partial charge in [-0.15, -0.1) is 0 Å². The Morgan fingerprint density at radius 1 is 1.21 bits per heavy atom. The van der Waals surface area contributed by atoms with E-state index in [1.165, 1.54) is 38.2 Å². The molecule has 0 atom stereocenters. The fourth-order valence-corrected chi connectivity index (χ4v) is 2.99. The minimum absolute atomic E-state index is 0.204. The Morgan fingerprint density at radius 3 is 2.74 bits per heavy atom. The second-order valence-corrected chi connectivity index (χ2v) is 6.00. The molecule has 1 fully saturated rings. The second-order valence-electron chi connectivity index (χ2n) is 5.09. The third kappa shape index (κ3) is 5.59. The van der Waals surface area contributed by atoms with E-state index in [2.05, 4.69) is 21.2 Å². The second kappa shape index (κ2) is 7.98. The van der Waals surface area contributed by atoms with Gasteiger partial charge < -0.3 is 10.1 Å². The molecular weight excluding hydrogens is 309 g/mol. The third-order valence-corrected chi connectivity index (χ3v) is 3.89. The number of nitrogens with one attached hydrogen (secondary N) is 1. The summed E-state index contributed by atoms with van der Waals surface area (Å²) in [5.41, 5.74) is 0.949. The highest BCUT2D eigenvalue weighted by atomic mass is 79.9. The fraction of sp³-hybridized carbons (Fsp3) is 0.600. The Bertz CT molecular complexity index is 373. The van der Waals surface area contributed by atoms with Gasteiger partial charge in [0.15, 0.2) is 0 Å². The molecule has 0 bridgehead atoms. The number of ether oxygens (including phenoxy) is 1. The van der Waals surface area contributed by atoms with Crippen LogP contribution in [0.4, 0.5) is 4.39 Å². The molecule has 19 heavy (non-hydrogen) atoms.